The SMILES string of the molecule is O=C(c1ccccc1)N(S)Br. The van der Waals surface area contributed by atoms with Crippen molar-refractivity contribution in [3.05, 3.63) is 35.9 Å². The van der Waals surface area contributed by atoms with E-state index in [-0.39, 0.29) is 5.91 Å². The van der Waals surface area contributed by atoms with Gasteiger partial charge < -0.3 is 0 Å². The molecule has 0 heterocycles. The number of amides is 1. The van der Waals surface area contributed by atoms with E-state index in [2.05, 4.69) is 29.0 Å². The van der Waals surface area contributed by atoms with Crippen LogP contribution in [0.15, 0.2) is 30.3 Å². The predicted molar refractivity (Wildman–Crippen MR) is 50.5 cm³/mol. The van der Waals surface area contributed by atoms with Crippen molar-refractivity contribution in [1.29, 1.82) is 0 Å². The lowest BCUT2D eigenvalue weighted by Crippen LogP contribution is -2.10. The van der Waals surface area contributed by atoms with Crippen molar-refractivity contribution >= 4 is 34.9 Å². The predicted octanol–water partition coefficient (Wildman–Crippen LogP) is 2.28. The lowest BCUT2D eigenvalue weighted by Gasteiger charge is -2.04. The molecule has 0 aromatic heterocycles. The highest BCUT2D eigenvalue weighted by Crippen LogP contribution is 2.09. The van der Waals surface area contributed by atoms with Gasteiger partial charge in [0.25, 0.3) is 5.91 Å². The van der Waals surface area contributed by atoms with Crippen LogP contribution in [0, 0.1) is 0 Å². The van der Waals surface area contributed by atoms with Gasteiger partial charge in [-0.25, -0.2) is 3.33 Å². The third-order valence-electron chi connectivity index (χ3n) is 1.19. The summed E-state index contributed by atoms with van der Waals surface area (Å²) in [6.45, 7) is 0. The van der Waals surface area contributed by atoms with Crippen molar-refractivity contribution in [2.75, 3.05) is 0 Å². The molecule has 11 heavy (non-hydrogen) atoms. The standard InChI is InChI=1S/C7H6BrNOS/c8-9(11)7(10)6-4-2-1-3-5-6/h1-5,11H. The second kappa shape index (κ2) is 3.78. The van der Waals surface area contributed by atoms with Crippen molar-refractivity contribution in [2.45, 2.75) is 0 Å². The van der Waals surface area contributed by atoms with Crippen LogP contribution in [0.4, 0.5) is 0 Å². The Balaban J connectivity index is 2.86. The number of thiol groups is 1. The van der Waals surface area contributed by atoms with Crippen molar-refractivity contribution < 1.29 is 4.79 Å². The normalized spacial score (nSPS) is 9.27. The summed E-state index contributed by atoms with van der Waals surface area (Å²) in [6.07, 6.45) is 0. The van der Waals surface area contributed by atoms with E-state index >= 15 is 0 Å². The summed E-state index contributed by atoms with van der Waals surface area (Å²) in [7, 11) is 0. The molecule has 0 unspecified atom stereocenters. The molecule has 0 aliphatic rings. The summed E-state index contributed by atoms with van der Waals surface area (Å²) in [5.41, 5.74) is 0.611. The van der Waals surface area contributed by atoms with Crippen molar-refractivity contribution in [3.8, 4) is 0 Å². The molecule has 2 nitrogen and oxygen atoms in total. The van der Waals surface area contributed by atoms with Gasteiger partial charge in [-0.05, 0) is 12.1 Å². The highest BCUT2D eigenvalue weighted by Gasteiger charge is 2.07. The number of halogens is 1. The van der Waals surface area contributed by atoms with Gasteiger partial charge in [0, 0.05) is 5.56 Å². The summed E-state index contributed by atoms with van der Waals surface area (Å²) in [5, 5.41) is 0. The Morgan fingerprint density at radius 1 is 1.36 bits per heavy atom. The van der Waals surface area contributed by atoms with Crippen LogP contribution in [0.3, 0.4) is 0 Å². The molecule has 58 valence electrons. The monoisotopic (exact) mass is 231 g/mol. The maximum atomic E-state index is 11.1. The van der Waals surface area contributed by atoms with E-state index in [9.17, 15) is 4.79 Å². The van der Waals surface area contributed by atoms with E-state index in [0.29, 0.717) is 5.56 Å². The fraction of sp³-hybridized carbons (Fsp3) is 0. The van der Waals surface area contributed by atoms with Gasteiger partial charge in [0.15, 0.2) is 0 Å². The van der Waals surface area contributed by atoms with Crippen LogP contribution >= 0.6 is 29.0 Å². The van der Waals surface area contributed by atoms with Gasteiger partial charge in [-0.1, -0.05) is 31.0 Å². The lowest BCUT2D eigenvalue weighted by atomic mass is 10.2. The molecule has 0 bridgehead atoms. The van der Waals surface area contributed by atoms with Gasteiger partial charge in [-0.2, -0.15) is 0 Å². The maximum Gasteiger partial charge on any atom is 0.273 e. The van der Waals surface area contributed by atoms with Gasteiger partial charge in [0.1, 0.15) is 0 Å². The molecule has 0 spiro atoms. The summed E-state index contributed by atoms with van der Waals surface area (Å²) >= 11 is 6.73. The van der Waals surface area contributed by atoms with E-state index in [1.807, 2.05) is 6.07 Å². The van der Waals surface area contributed by atoms with Gasteiger partial charge in [-0.15, -0.1) is 0 Å². The first-order valence-electron chi connectivity index (χ1n) is 2.96. The maximum absolute atomic E-state index is 11.1. The fourth-order valence-electron chi connectivity index (χ4n) is 0.687. The van der Waals surface area contributed by atoms with Crippen LogP contribution < -0.4 is 0 Å². The Kier molecular flexibility index (Phi) is 2.96. The number of rotatable bonds is 1. The van der Waals surface area contributed by atoms with Crippen LogP contribution in [-0.2, 0) is 0 Å². The Bertz CT molecular complexity index is 250. The molecule has 1 rings (SSSR count). The molecular formula is C7H6BrNOS. The van der Waals surface area contributed by atoms with E-state index < -0.39 is 0 Å². The molecule has 0 aliphatic carbocycles. The summed E-state index contributed by atoms with van der Waals surface area (Å²) < 4.78 is 1.07. The summed E-state index contributed by atoms with van der Waals surface area (Å²) in [6, 6.07) is 8.92. The van der Waals surface area contributed by atoms with Gasteiger partial charge in [0.05, 0.1) is 16.1 Å². The Morgan fingerprint density at radius 2 is 1.91 bits per heavy atom. The molecule has 0 aliphatic heterocycles. The molecule has 0 saturated carbocycles. The number of hydrogen-bond acceptors (Lipinski definition) is 2. The van der Waals surface area contributed by atoms with Crippen molar-refractivity contribution in [1.82, 2.24) is 3.33 Å². The summed E-state index contributed by atoms with van der Waals surface area (Å²) in [4.78, 5) is 11.1. The van der Waals surface area contributed by atoms with E-state index in [1.165, 1.54) is 0 Å². The van der Waals surface area contributed by atoms with Crippen molar-refractivity contribution in [2.24, 2.45) is 0 Å². The first-order chi connectivity index (χ1) is 5.22. The first-order valence-corrected chi connectivity index (χ1v) is 4.07. The molecule has 0 radical (unpaired) electrons. The summed E-state index contributed by atoms with van der Waals surface area (Å²) in [5.74, 6) is -0.172. The topological polar surface area (TPSA) is 20.3 Å². The van der Waals surface area contributed by atoms with Crippen LogP contribution in [-0.4, -0.2) is 9.24 Å². The molecule has 4 heteroatoms. The average Bonchev–Trinajstić information content (AvgIpc) is 2.05. The molecule has 0 atom stereocenters. The molecule has 1 aromatic rings. The second-order valence-corrected chi connectivity index (χ2v) is 3.59. The quantitative estimate of drug-likeness (QED) is 0.581. The first kappa shape index (κ1) is 8.62. The fourth-order valence-corrected chi connectivity index (χ4v) is 1.01. The Morgan fingerprint density at radius 3 is 2.36 bits per heavy atom. The van der Waals surface area contributed by atoms with E-state index in [0.717, 1.165) is 3.33 Å². The molecular weight excluding hydrogens is 226 g/mol. The third-order valence-corrected chi connectivity index (χ3v) is 1.69. The van der Waals surface area contributed by atoms with E-state index in [4.69, 9.17) is 0 Å². The Labute approximate surface area is 79.1 Å². The number of hydrogen-bond donors (Lipinski definition) is 1. The van der Waals surface area contributed by atoms with Crippen LogP contribution in [0.25, 0.3) is 0 Å². The minimum Gasteiger partial charge on any atom is -0.267 e. The minimum atomic E-state index is -0.172. The largest absolute Gasteiger partial charge is 0.273 e. The lowest BCUT2D eigenvalue weighted by molar-refractivity contribution is 0.0939. The van der Waals surface area contributed by atoms with Crippen molar-refractivity contribution in [3.63, 3.8) is 0 Å². The Hall–Kier alpha value is -0.480. The molecule has 1 aromatic carbocycles. The van der Waals surface area contributed by atoms with Gasteiger partial charge in [0.2, 0.25) is 0 Å². The molecule has 0 N–H and O–H groups in total. The van der Waals surface area contributed by atoms with Crippen LogP contribution in [0.1, 0.15) is 10.4 Å². The molecule has 1 amide bonds. The van der Waals surface area contributed by atoms with Crippen LogP contribution in [0.2, 0.25) is 0 Å². The van der Waals surface area contributed by atoms with E-state index in [1.54, 1.807) is 24.3 Å². The molecule has 0 fully saturated rings. The number of nitrogens with zero attached hydrogens (tertiary/aromatic N) is 1. The van der Waals surface area contributed by atoms with Gasteiger partial charge >= 0.3 is 0 Å². The minimum absolute atomic E-state index is 0.172. The highest BCUT2D eigenvalue weighted by molar-refractivity contribution is 9.09. The van der Waals surface area contributed by atoms with Gasteiger partial charge in [-0.3, -0.25) is 4.79 Å². The zero-order valence-corrected chi connectivity index (χ0v) is 8.05. The zero-order chi connectivity index (χ0) is 8.27. The number of carbonyl (C=O) groups is 1. The smallest absolute Gasteiger partial charge is 0.267 e. The average molecular weight is 232 g/mol. The molecule has 0 saturated heterocycles. The number of carbonyl (C=O) groups excluding carboxylic acids is 1. The third kappa shape index (κ3) is 2.24. The number of benzene rings is 1. The highest BCUT2D eigenvalue weighted by atomic mass is 79.9. The zero-order valence-electron chi connectivity index (χ0n) is 5.57. The van der Waals surface area contributed by atoms with Crippen LogP contribution in [0.5, 0.6) is 0 Å². The second-order valence-electron chi connectivity index (χ2n) is 1.93.